The van der Waals surface area contributed by atoms with Crippen molar-refractivity contribution < 1.29 is 9.53 Å². The van der Waals surface area contributed by atoms with Crippen LogP contribution in [0.5, 0.6) is 5.75 Å². The minimum Gasteiger partial charge on any atom is -0.494 e. The smallest absolute Gasteiger partial charge is 0.229 e. The van der Waals surface area contributed by atoms with Gasteiger partial charge in [0.05, 0.1) is 19.2 Å². The molecule has 0 spiro atoms. The van der Waals surface area contributed by atoms with E-state index < -0.39 is 0 Å². The molecule has 118 valence electrons. The lowest BCUT2D eigenvalue weighted by molar-refractivity contribution is -0.115. The maximum absolute atomic E-state index is 12.1. The Bertz CT molecular complexity index is 603. The van der Waals surface area contributed by atoms with Crippen LogP contribution in [0.1, 0.15) is 26.3 Å². The van der Waals surface area contributed by atoms with Crippen molar-refractivity contribution in [3.05, 3.63) is 42.1 Å². The van der Waals surface area contributed by atoms with Gasteiger partial charge < -0.3 is 10.1 Å². The van der Waals surface area contributed by atoms with Crippen LogP contribution in [0.25, 0.3) is 0 Å². The first-order valence-electron chi connectivity index (χ1n) is 7.62. The van der Waals surface area contributed by atoms with E-state index in [-0.39, 0.29) is 5.91 Å². The number of hydrogen-bond donors (Lipinski definition) is 1. The van der Waals surface area contributed by atoms with Crippen LogP contribution in [0.2, 0.25) is 0 Å². The molecule has 0 saturated heterocycles. The van der Waals surface area contributed by atoms with Crippen LogP contribution >= 0.6 is 0 Å². The summed E-state index contributed by atoms with van der Waals surface area (Å²) < 4.78 is 7.21. The van der Waals surface area contributed by atoms with Crippen LogP contribution in [0.15, 0.2) is 36.5 Å². The summed E-state index contributed by atoms with van der Waals surface area (Å²) in [5.74, 6) is 1.99. The summed E-state index contributed by atoms with van der Waals surface area (Å²) >= 11 is 0. The van der Waals surface area contributed by atoms with Gasteiger partial charge in [-0.2, -0.15) is 5.10 Å². The average Bonchev–Trinajstić information content (AvgIpc) is 2.87. The summed E-state index contributed by atoms with van der Waals surface area (Å²) in [4.78, 5) is 12.1. The highest BCUT2D eigenvalue weighted by Gasteiger charge is 2.09. The number of ether oxygens (including phenoxy) is 1. The minimum atomic E-state index is -0.0466. The standard InChI is InChI=1S/C17H23N3O2/c1-4-22-15-7-5-14(6-8-15)11-17(21)19-16-9-10-18-20(16)12-13(2)3/h5-10,13H,4,11-12H2,1-3H3,(H,19,21). The van der Waals surface area contributed by atoms with Crippen molar-refractivity contribution in [1.29, 1.82) is 0 Å². The zero-order valence-corrected chi connectivity index (χ0v) is 13.4. The normalized spacial score (nSPS) is 10.7. The Kier molecular flexibility index (Phi) is 5.58. The van der Waals surface area contributed by atoms with Crippen LogP contribution in [-0.4, -0.2) is 22.3 Å². The highest BCUT2D eigenvalue weighted by atomic mass is 16.5. The fourth-order valence-electron chi connectivity index (χ4n) is 2.17. The molecule has 0 fully saturated rings. The first-order chi connectivity index (χ1) is 10.6. The molecular weight excluding hydrogens is 278 g/mol. The molecule has 2 rings (SSSR count). The van der Waals surface area contributed by atoms with E-state index in [4.69, 9.17) is 4.74 Å². The third-order valence-corrected chi connectivity index (χ3v) is 3.12. The molecule has 1 heterocycles. The highest BCUT2D eigenvalue weighted by Crippen LogP contribution is 2.14. The van der Waals surface area contributed by atoms with Gasteiger partial charge in [0.25, 0.3) is 0 Å². The zero-order valence-electron chi connectivity index (χ0n) is 13.4. The van der Waals surface area contributed by atoms with E-state index in [1.165, 1.54) is 0 Å². The lowest BCUT2D eigenvalue weighted by Crippen LogP contribution is -2.18. The molecule has 1 aromatic heterocycles. The second kappa shape index (κ2) is 7.64. The molecule has 0 saturated carbocycles. The van der Waals surface area contributed by atoms with E-state index in [0.717, 1.165) is 23.7 Å². The van der Waals surface area contributed by atoms with Crippen LogP contribution in [0.4, 0.5) is 5.82 Å². The second-order valence-corrected chi connectivity index (χ2v) is 5.59. The maximum Gasteiger partial charge on any atom is 0.229 e. The van der Waals surface area contributed by atoms with Crippen molar-refractivity contribution in [2.45, 2.75) is 33.7 Å². The Morgan fingerprint density at radius 2 is 2.00 bits per heavy atom. The third kappa shape index (κ3) is 4.62. The SMILES string of the molecule is CCOc1ccc(CC(=O)Nc2ccnn2CC(C)C)cc1. The molecule has 5 heteroatoms. The number of carbonyl (C=O) groups excluding carboxylic acids is 1. The number of benzene rings is 1. The van der Waals surface area contributed by atoms with Gasteiger partial charge in [0.15, 0.2) is 0 Å². The van der Waals surface area contributed by atoms with Gasteiger partial charge in [0, 0.05) is 12.6 Å². The van der Waals surface area contributed by atoms with Gasteiger partial charge in [0.1, 0.15) is 11.6 Å². The monoisotopic (exact) mass is 301 g/mol. The summed E-state index contributed by atoms with van der Waals surface area (Å²) in [6.07, 6.45) is 2.04. The third-order valence-electron chi connectivity index (χ3n) is 3.12. The fourth-order valence-corrected chi connectivity index (χ4v) is 2.17. The Balaban J connectivity index is 1.94. The molecule has 1 amide bonds. The molecule has 0 aliphatic rings. The minimum absolute atomic E-state index is 0.0466. The Morgan fingerprint density at radius 3 is 2.64 bits per heavy atom. The van der Waals surface area contributed by atoms with Crippen molar-refractivity contribution in [3.63, 3.8) is 0 Å². The molecule has 1 N–H and O–H groups in total. The number of nitrogens with one attached hydrogen (secondary N) is 1. The molecule has 0 bridgehead atoms. The average molecular weight is 301 g/mol. The summed E-state index contributed by atoms with van der Waals surface area (Å²) in [5, 5.41) is 7.15. The van der Waals surface area contributed by atoms with Crippen LogP contribution in [0.3, 0.4) is 0 Å². The van der Waals surface area contributed by atoms with Crippen molar-refractivity contribution in [2.24, 2.45) is 5.92 Å². The summed E-state index contributed by atoms with van der Waals surface area (Å²) in [6.45, 7) is 7.60. The fraction of sp³-hybridized carbons (Fsp3) is 0.412. The number of hydrogen-bond acceptors (Lipinski definition) is 3. The first kappa shape index (κ1) is 16.1. The summed E-state index contributed by atoms with van der Waals surface area (Å²) in [5.41, 5.74) is 0.955. The molecule has 2 aromatic rings. The van der Waals surface area contributed by atoms with Gasteiger partial charge in [-0.15, -0.1) is 0 Å². The summed E-state index contributed by atoms with van der Waals surface area (Å²) in [7, 11) is 0. The molecule has 0 unspecified atom stereocenters. The van der Waals surface area contributed by atoms with Gasteiger partial charge in [-0.3, -0.25) is 4.79 Å². The number of nitrogens with zero attached hydrogens (tertiary/aromatic N) is 2. The molecule has 0 atom stereocenters. The molecule has 0 radical (unpaired) electrons. The van der Waals surface area contributed by atoms with Gasteiger partial charge in [-0.05, 0) is 30.5 Å². The summed E-state index contributed by atoms with van der Waals surface area (Å²) in [6, 6.07) is 9.41. The number of amides is 1. The van der Waals surface area contributed by atoms with E-state index in [1.807, 2.05) is 41.9 Å². The Hall–Kier alpha value is -2.30. The number of rotatable bonds is 7. The molecule has 0 aliphatic heterocycles. The Morgan fingerprint density at radius 1 is 1.27 bits per heavy atom. The quantitative estimate of drug-likeness (QED) is 0.855. The van der Waals surface area contributed by atoms with Crippen molar-refractivity contribution in [2.75, 3.05) is 11.9 Å². The first-order valence-corrected chi connectivity index (χ1v) is 7.62. The van der Waals surface area contributed by atoms with E-state index >= 15 is 0 Å². The van der Waals surface area contributed by atoms with Gasteiger partial charge in [-0.1, -0.05) is 26.0 Å². The topological polar surface area (TPSA) is 56.1 Å². The van der Waals surface area contributed by atoms with E-state index in [0.29, 0.717) is 18.9 Å². The largest absolute Gasteiger partial charge is 0.494 e. The van der Waals surface area contributed by atoms with E-state index in [2.05, 4.69) is 24.3 Å². The maximum atomic E-state index is 12.1. The second-order valence-electron chi connectivity index (χ2n) is 5.59. The molecule has 5 nitrogen and oxygen atoms in total. The lowest BCUT2D eigenvalue weighted by atomic mass is 10.1. The van der Waals surface area contributed by atoms with E-state index in [1.54, 1.807) is 6.20 Å². The number of carbonyl (C=O) groups is 1. The molecule has 0 aliphatic carbocycles. The number of anilines is 1. The van der Waals surface area contributed by atoms with E-state index in [9.17, 15) is 4.79 Å². The lowest BCUT2D eigenvalue weighted by Gasteiger charge is -2.11. The van der Waals surface area contributed by atoms with Gasteiger partial charge in [0.2, 0.25) is 5.91 Å². The van der Waals surface area contributed by atoms with Crippen LogP contribution in [-0.2, 0) is 17.8 Å². The Labute approximate surface area is 131 Å². The van der Waals surface area contributed by atoms with Gasteiger partial charge >= 0.3 is 0 Å². The predicted octanol–water partition coefficient (Wildman–Crippen LogP) is 3.12. The zero-order chi connectivity index (χ0) is 15.9. The highest BCUT2D eigenvalue weighted by molar-refractivity contribution is 5.91. The van der Waals surface area contributed by atoms with Crippen molar-refractivity contribution in [1.82, 2.24) is 9.78 Å². The van der Waals surface area contributed by atoms with Crippen LogP contribution < -0.4 is 10.1 Å². The number of aromatic nitrogens is 2. The van der Waals surface area contributed by atoms with Gasteiger partial charge in [-0.25, -0.2) is 4.68 Å². The molecule has 1 aromatic carbocycles. The molecule has 22 heavy (non-hydrogen) atoms. The molecular formula is C17H23N3O2. The van der Waals surface area contributed by atoms with Crippen molar-refractivity contribution in [3.8, 4) is 5.75 Å². The predicted molar refractivity (Wildman–Crippen MR) is 87.0 cm³/mol. The van der Waals surface area contributed by atoms with Crippen LogP contribution in [0, 0.1) is 5.92 Å². The van der Waals surface area contributed by atoms with Crippen molar-refractivity contribution >= 4 is 11.7 Å².